The van der Waals surface area contributed by atoms with E-state index in [4.69, 9.17) is 5.11 Å². The van der Waals surface area contributed by atoms with Crippen LogP contribution in [0.2, 0.25) is 0 Å². The zero-order valence-electron chi connectivity index (χ0n) is 10.9. The van der Waals surface area contributed by atoms with E-state index in [0.717, 1.165) is 37.1 Å². The predicted molar refractivity (Wildman–Crippen MR) is 73.1 cm³/mol. The van der Waals surface area contributed by atoms with Gasteiger partial charge in [0.15, 0.2) is 5.78 Å². The molecular formula is C15H21NO2. The Labute approximate surface area is 108 Å². The Morgan fingerprint density at radius 1 is 1.44 bits per heavy atom. The van der Waals surface area contributed by atoms with Gasteiger partial charge in [0.1, 0.15) is 0 Å². The molecule has 98 valence electrons. The first-order chi connectivity index (χ1) is 8.74. The molecule has 1 aromatic carbocycles. The van der Waals surface area contributed by atoms with Crippen LogP contribution in [0.1, 0.15) is 43.0 Å². The molecule has 0 aliphatic carbocycles. The highest BCUT2D eigenvalue weighted by atomic mass is 16.2. The Bertz CT molecular complexity index is 417. The van der Waals surface area contributed by atoms with E-state index in [1.807, 2.05) is 24.3 Å². The first kappa shape index (κ1) is 13.1. The van der Waals surface area contributed by atoms with Crippen molar-refractivity contribution in [2.75, 3.05) is 18.1 Å². The van der Waals surface area contributed by atoms with Crippen molar-refractivity contribution in [3.8, 4) is 0 Å². The largest absolute Gasteiger partial charge is 0.396 e. The van der Waals surface area contributed by atoms with Crippen LogP contribution in [-0.4, -0.2) is 30.1 Å². The topological polar surface area (TPSA) is 40.5 Å². The second-order valence-corrected chi connectivity index (χ2v) is 4.93. The van der Waals surface area contributed by atoms with Gasteiger partial charge in [-0.15, -0.1) is 0 Å². The highest BCUT2D eigenvalue weighted by molar-refractivity contribution is 5.99. The van der Waals surface area contributed by atoms with Crippen molar-refractivity contribution >= 4 is 11.5 Å². The molecule has 1 aromatic rings. The van der Waals surface area contributed by atoms with Crippen LogP contribution in [0, 0.1) is 0 Å². The lowest BCUT2D eigenvalue weighted by atomic mass is 10.1. The molecule has 2 rings (SSSR count). The maximum Gasteiger partial charge on any atom is 0.161 e. The van der Waals surface area contributed by atoms with Crippen molar-refractivity contribution in [1.29, 1.82) is 0 Å². The number of Topliss-reactive ketones (excluding diaryl/α,β-unsaturated/α-hetero) is 1. The fourth-order valence-electron chi connectivity index (χ4n) is 2.80. The van der Waals surface area contributed by atoms with Crippen LogP contribution in [0.25, 0.3) is 0 Å². The molecule has 0 spiro atoms. The summed E-state index contributed by atoms with van der Waals surface area (Å²) in [4.78, 5) is 14.0. The summed E-state index contributed by atoms with van der Waals surface area (Å²) in [5, 5.41) is 8.95. The molecule has 1 unspecified atom stereocenters. The Kier molecular flexibility index (Phi) is 4.37. The van der Waals surface area contributed by atoms with Gasteiger partial charge in [-0.05, 0) is 44.7 Å². The fourth-order valence-corrected chi connectivity index (χ4v) is 2.80. The minimum atomic E-state index is 0.124. The third kappa shape index (κ3) is 2.72. The van der Waals surface area contributed by atoms with E-state index < -0.39 is 0 Å². The maximum absolute atomic E-state index is 11.7. The summed E-state index contributed by atoms with van der Waals surface area (Å²) in [6.07, 6.45) is 4.17. The Hall–Kier alpha value is -1.35. The summed E-state index contributed by atoms with van der Waals surface area (Å²) in [5.74, 6) is 0.124. The predicted octanol–water partition coefficient (Wildman–Crippen LogP) is 2.63. The number of benzene rings is 1. The molecule has 1 N–H and O–H groups in total. The van der Waals surface area contributed by atoms with Gasteiger partial charge in [0.25, 0.3) is 0 Å². The van der Waals surface area contributed by atoms with E-state index >= 15 is 0 Å². The molecule has 0 amide bonds. The second kappa shape index (κ2) is 6.01. The zero-order valence-corrected chi connectivity index (χ0v) is 10.9. The lowest BCUT2D eigenvalue weighted by Gasteiger charge is -2.28. The molecule has 1 aliphatic rings. The minimum Gasteiger partial charge on any atom is -0.396 e. The number of carbonyl (C=O) groups excluding carboxylic acids is 1. The van der Waals surface area contributed by atoms with E-state index in [1.165, 1.54) is 6.42 Å². The van der Waals surface area contributed by atoms with Gasteiger partial charge in [0.2, 0.25) is 0 Å². The molecule has 1 atom stereocenters. The van der Waals surface area contributed by atoms with E-state index in [9.17, 15) is 4.79 Å². The highest BCUT2D eigenvalue weighted by Gasteiger charge is 2.26. The summed E-state index contributed by atoms with van der Waals surface area (Å²) in [6.45, 7) is 2.89. The number of aliphatic hydroxyl groups is 1. The van der Waals surface area contributed by atoms with Crippen molar-refractivity contribution in [1.82, 2.24) is 0 Å². The third-order valence-electron chi connectivity index (χ3n) is 3.67. The number of aliphatic hydroxyl groups excluding tert-OH is 1. The molecule has 1 fully saturated rings. The van der Waals surface area contributed by atoms with E-state index in [-0.39, 0.29) is 12.4 Å². The Balaban J connectivity index is 2.21. The summed E-state index contributed by atoms with van der Waals surface area (Å²) in [7, 11) is 0. The van der Waals surface area contributed by atoms with E-state index in [1.54, 1.807) is 6.92 Å². The molecule has 3 heteroatoms. The molecule has 1 heterocycles. The monoisotopic (exact) mass is 247 g/mol. The molecule has 0 saturated carbocycles. The van der Waals surface area contributed by atoms with E-state index in [2.05, 4.69) is 4.90 Å². The van der Waals surface area contributed by atoms with Gasteiger partial charge in [-0.2, -0.15) is 0 Å². The molecular weight excluding hydrogens is 226 g/mol. The van der Waals surface area contributed by atoms with Crippen LogP contribution in [0.3, 0.4) is 0 Å². The van der Waals surface area contributed by atoms with Crippen LogP contribution in [0.4, 0.5) is 5.69 Å². The van der Waals surface area contributed by atoms with Crippen LogP contribution in [0.5, 0.6) is 0 Å². The van der Waals surface area contributed by atoms with Gasteiger partial charge in [-0.3, -0.25) is 4.79 Å². The Morgan fingerprint density at radius 3 is 2.94 bits per heavy atom. The normalized spacial score (nSPS) is 19.2. The number of hydrogen-bond acceptors (Lipinski definition) is 3. The van der Waals surface area contributed by atoms with Gasteiger partial charge in [-0.1, -0.05) is 12.1 Å². The summed E-state index contributed by atoms with van der Waals surface area (Å²) < 4.78 is 0. The number of rotatable bonds is 5. The third-order valence-corrected chi connectivity index (χ3v) is 3.67. The van der Waals surface area contributed by atoms with Crippen LogP contribution >= 0.6 is 0 Å². The van der Waals surface area contributed by atoms with Crippen molar-refractivity contribution in [3.63, 3.8) is 0 Å². The summed E-state index contributed by atoms with van der Waals surface area (Å²) >= 11 is 0. The quantitative estimate of drug-likeness (QED) is 0.813. The van der Waals surface area contributed by atoms with Gasteiger partial charge in [0.05, 0.1) is 0 Å². The van der Waals surface area contributed by atoms with Gasteiger partial charge in [0, 0.05) is 30.4 Å². The first-order valence-corrected chi connectivity index (χ1v) is 6.71. The lowest BCUT2D eigenvalue weighted by Crippen LogP contribution is -2.30. The van der Waals surface area contributed by atoms with Crippen molar-refractivity contribution < 1.29 is 9.90 Å². The van der Waals surface area contributed by atoms with Crippen LogP contribution in [0.15, 0.2) is 24.3 Å². The first-order valence-electron chi connectivity index (χ1n) is 6.71. The summed E-state index contributed by atoms with van der Waals surface area (Å²) in [5.41, 5.74) is 1.87. The van der Waals surface area contributed by atoms with Crippen LogP contribution < -0.4 is 4.90 Å². The van der Waals surface area contributed by atoms with Gasteiger partial charge < -0.3 is 10.0 Å². The maximum atomic E-state index is 11.7. The smallest absolute Gasteiger partial charge is 0.161 e. The molecule has 1 saturated heterocycles. The molecule has 1 aliphatic heterocycles. The average Bonchev–Trinajstić information content (AvgIpc) is 2.84. The standard InChI is InChI=1S/C15H21NO2/c1-12(18)14-8-2-3-9-15(14)16-10-4-6-13(16)7-5-11-17/h2-3,8-9,13,17H,4-7,10-11H2,1H3. The lowest BCUT2D eigenvalue weighted by molar-refractivity contribution is 0.101. The minimum absolute atomic E-state index is 0.124. The van der Waals surface area contributed by atoms with Crippen molar-refractivity contribution in [3.05, 3.63) is 29.8 Å². The molecule has 0 radical (unpaired) electrons. The summed E-state index contributed by atoms with van der Waals surface area (Å²) in [6, 6.07) is 8.31. The number of anilines is 1. The van der Waals surface area contributed by atoms with E-state index in [0.29, 0.717) is 6.04 Å². The number of para-hydroxylation sites is 1. The SMILES string of the molecule is CC(=O)c1ccccc1N1CCCC1CCCO. The Morgan fingerprint density at radius 2 is 2.22 bits per heavy atom. The van der Waals surface area contributed by atoms with Crippen molar-refractivity contribution in [2.45, 2.75) is 38.6 Å². The van der Waals surface area contributed by atoms with Gasteiger partial charge >= 0.3 is 0 Å². The number of nitrogens with zero attached hydrogens (tertiary/aromatic N) is 1. The molecule has 3 nitrogen and oxygen atoms in total. The molecule has 0 bridgehead atoms. The number of carbonyl (C=O) groups is 1. The highest BCUT2D eigenvalue weighted by Crippen LogP contribution is 2.30. The number of ketones is 1. The second-order valence-electron chi connectivity index (χ2n) is 4.93. The van der Waals surface area contributed by atoms with Crippen molar-refractivity contribution in [2.24, 2.45) is 0 Å². The average molecular weight is 247 g/mol. The fraction of sp³-hybridized carbons (Fsp3) is 0.533. The van der Waals surface area contributed by atoms with Crippen LogP contribution in [-0.2, 0) is 0 Å². The molecule has 0 aromatic heterocycles. The van der Waals surface area contributed by atoms with Gasteiger partial charge in [-0.25, -0.2) is 0 Å². The zero-order chi connectivity index (χ0) is 13.0. The molecule has 18 heavy (non-hydrogen) atoms. The number of hydrogen-bond donors (Lipinski definition) is 1.